The minimum absolute atomic E-state index is 0. The predicted molar refractivity (Wildman–Crippen MR) is 44.7 cm³/mol. The Hall–Kier alpha value is 3.34. The van der Waals surface area contributed by atoms with Gasteiger partial charge in [-0.15, -0.1) is 23.2 Å². The van der Waals surface area contributed by atoms with Crippen molar-refractivity contribution in [1.29, 1.82) is 0 Å². The van der Waals surface area contributed by atoms with Crippen molar-refractivity contribution in [1.82, 2.24) is 0 Å². The molecular formula is C2H3Cl6KO. The average Bonchev–Trinajstić information content (AvgIpc) is 1.27. The number of rotatable bonds is 0. The summed E-state index contributed by atoms with van der Waals surface area (Å²) < 4.78 is -1.61. The first kappa shape index (κ1) is 23.3. The zero-order valence-corrected chi connectivity index (χ0v) is 12.6. The third-order valence-electron chi connectivity index (χ3n) is 0. The molecule has 0 saturated heterocycles. The van der Waals surface area contributed by atoms with Crippen molar-refractivity contribution < 1.29 is 56.9 Å². The minimum atomic E-state index is -1.61. The molecule has 0 rings (SSSR count). The van der Waals surface area contributed by atoms with Crippen molar-refractivity contribution >= 4 is 69.6 Å². The van der Waals surface area contributed by atoms with E-state index in [9.17, 15) is 0 Å². The standard InChI is InChI=1S/CCl4.CH2Cl2.K.H2O/c2-1(3,4)5;2-1-3;;/h;1H2;;1H2/q;;+1;/p-1. The Morgan fingerprint density at radius 3 is 0.900 bits per heavy atom. The van der Waals surface area contributed by atoms with Gasteiger partial charge in [0, 0.05) is 0 Å². The third-order valence-corrected chi connectivity index (χ3v) is 0. The molecule has 0 fully saturated rings. The van der Waals surface area contributed by atoms with Crippen LogP contribution in [0.25, 0.3) is 0 Å². The summed E-state index contributed by atoms with van der Waals surface area (Å²) in [5, 5.41) is 0.194. The molecule has 0 aliphatic heterocycles. The second-order valence-corrected chi connectivity index (χ2v) is 4.77. The van der Waals surface area contributed by atoms with E-state index in [-0.39, 0.29) is 62.2 Å². The summed E-state index contributed by atoms with van der Waals surface area (Å²) in [4.78, 5) is 0. The molecule has 0 atom stereocenters. The van der Waals surface area contributed by atoms with Crippen LogP contribution in [0.1, 0.15) is 0 Å². The molecule has 60 valence electrons. The van der Waals surface area contributed by atoms with Crippen LogP contribution < -0.4 is 51.4 Å². The zero-order chi connectivity index (χ0) is 7.21. The fourth-order valence-electron chi connectivity index (χ4n) is 0. The third kappa shape index (κ3) is 109. The van der Waals surface area contributed by atoms with Crippen LogP contribution in [0.5, 0.6) is 0 Å². The predicted octanol–water partition coefficient (Wildman–Crippen LogP) is 0.802. The molecule has 1 nitrogen and oxygen atoms in total. The van der Waals surface area contributed by atoms with Crippen molar-refractivity contribution in [3.63, 3.8) is 0 Å². The molecule has 0 bridgehead atoms. The van der Waals surface area contributed by atoms with E-state index in [0.717, 1.165) is 0 Å². The van der Waals surface area contributed by atoms with Crippen LogP contribution in [0.2, 0.25) is 0 Å². The summed E-state index contributed by atoms with van der Waals surface area (Å²) in [5.74, 6) is 0. The van der Waals surface area contributed by atoms with Crippen LogP contribution in [0, 0.1) is 0 Å². The van der Waals surface area contributed by atoms with E-state index < -0.39 is 3.25 Å². The zero-order valence-electron chi connectivity index (χ0n) is 4.92. The maximum absolute atomic E-state index is 4.83. The topological polar surface area (TPSA) is 30.0 Å². The second-order valence-electron chi connectivity index (χ2n) is 0.530. The smallest absolute Gasteiger partial charge is 0.870 e. The Balaban J connectivity index is -0.0000000326. The van der Waals surface area contributed by atoms with Gasteiger partial charge in [0.05, 0.1) is 5.34 Å². The van der Waals surface area contributed by atoms with Gasteiger partial charge in [0.1, 0.15) is 0 Å². The van der Waals surface area contributed by atoms with Crippen LogP contribution in [0.15, 0.2) is 0 Å². The Morgan fingerprint density at radius 1 is 0.900 bits per heavy atom. The molecule has 0 aromatic carbocycles. The maximum atomic E-state index is 4.83. The molecule has 0 aromatic rings. The molecule has 0 saturated carbocycles. The van der Waals surface area contributed by atoms with Gasteiger partial charge in [0.25, 0.3) is 3.25 Å². The Labute approximate surface area is 132 Å². The first-order valence-electron chi connectivity index (χ1n) is 1.29. The molecule has 0 unspecified atom stereocenters. The van der Waals surface area contributed by atoms with Crippen molar-refractivity contribution in [2.24, 2.45) is 0 Å². The summed E-state index contributed by atoms with van der Waals surface area (Å²) in [6, 6.07) is 0. The Kier molecular flexibility index (Phi) is 34.6. The van der Waals surface area contributed by atoms with Gasteiger partial charge in [0.2, 0.25) is 0 Å². The van der Waals surface area contributed by atoms with Gasteiger partial charge >= 0.3 is 51.4 Å². The van der Waals surface area contributed by atoms with Gasteiger partial charge < -0.3 is 5.48 Å². The van der Waals surface area contributed by atoms with E-state index in [0.29, 0.717) is 0 Å². The molecular weight excluding hydrogens is 292 g/mol. The monoisotopic (exact) mass is 292 g/mol. The molecule has 8 heteroatoms. The SMILES string of the molecule is ClC(Cl)(Cl)Cl.ClCCl.[K+].[OH-]. The van der Waals surface area contributed by atoms with E-state index in [1.54, 1.807) is 0 Å². The normalized spacial score (nSPS) is 7.80. The first-order chi connectivity index (χ1) is 3.41. The molecule has 0 heterocycles. The average molecular weight is 295 g/mol. The minimum Gasteiger partial charge on any atom is -0.870 e. The largest absolute Gasteiger partial charge is 1.00 e. The summed E-state index contributed by atoms with van der Waals surface area (Å²) in [6.45, 7) is 0. The molecule has 0 aliphatic rings. The van der Waals surface area contributed by atoms with E-state index in [4.69, 9.17) is 69.6 Å². The quantitative estimate of drug-likeness (QED) is 0.480. The molecule has 0 aromatic heterocycles. The molecule has 0 amide bonds. The van der Waals surface area contributed by atoms with Crippen molar-refractivity contribution in [2.75, 3.05) is 5.34 Å². The number of halogens is 6. The van der Waals surface area contributed by atoms with Crippen molar-refractivity contribution in [3.8, 4) is 0 Å². The molecule has 1 N–H and O–H groups in total. The van der Waals surface area contributed by atoms with Crippen molar-refractivity contribution in [3.05, 3.63) is 0 Å². The van der Waals surface area contributed by atoms with Gasteiger partial charge in [-0.05, 0) is 0 Å². The van der Waals surface area contributed by atoms with E-state index in [2.05, 4.69) is 0 Å². The summed E-state index contributed by atoms with van der Waals surface area (Å²) in [6.07, 6.45) is 0. The van der Waals surface area contributed by atoms with Gasteiger partial charge in [-0.25, -0.2) is 0 Å². The summed E-state index contributed by atoms with van der Waals surface area (Å²) in [7, 11) is 0. The number of alkyl halides is 6. The van der Waals surface area contributed by atoms with Gasteiger partial charge in [-0.3, -0.25) is 0 Å². The van der Waals surface area contributed by atoms with Crippen LogP contribution in [0.3, 0.4) is 0 Å². The second kappa shape index (κ2) is 14.8. The van der Waals surface area contributed by atoms with Gasteiger partial charge in [-0.1, -0.05) is 46.4 Å². The molecule has 10 heavy (non-hydrogen) atoms. The van der Waals surface area contributed by atoms with Crippen LogP contribution in [-0.4, -0.2) is 14.1 Å². The number of hydrogen-bond donors (Lipinski definition) is 0. The molecule has 0 radical (unpaired) electrons. The van der Waals surface area contributed by atoms with E-state index >= 15 is 0 Å². The Bertz CT molecular complexity index is 39.5. The van der Waals surface area contributed by atoms with E-state index in [1.807, 2.05) is 0 Å². The first-order valence-corrected chi connectivity index (χ1v) is 3.87. The Morgan fingerprint density at radius 2 is 0.900 bits per heavy atom. The molecule has 0 spiro atoms. The summed E-state index contributed by atoms with van der Waals surface area (Å²) in [5.41, 5.74) is 0. The number of hydrogen-bond acceptors (Lipinski definition) is 1. The van der Waals surface area contributed by atoms with Crippen molar-refractivity contribution in [2.45, 2.75) is 3.25 Å². The van der Waals surface area contributed by atoms with Gasteiger partial charge in [0.15, 0.2) is 0 Å². The fourth-order valence-corrected chi connectivity index (χ4v) is 0. The van der Waals surface area contributed by atoms with Gasteiger partial charge in [-0.2, -0.15) is 0 Å². The van der Waals surface area contributed by atoms with Crippen LogP contribution in [0.4, 0.5) is 0 Å². The maximum Gasteiger partial charge on any atom is 1.00 e. The van der Waals surface area contributed by atoms with Crippen LogP contribution in [-0.2, 0) is 0 Å². The summed E-state index contributed by atoms with van der Waals surface area (Å²) >= 11 is 28.8. The van der Waals surface area contributed by atoms with E-state index in [1.165, 1.54) is 0 Å². The fraction of sp³-hybridized carbons (Fsp3) is 1.00. The van der Waals surface area contributed by atoms with Crippen LogP contribution >= 0.6 is 69.6 Å². The molecule has 0 aliphatic carbocycles.